The van der Waals surface area contributed by atoms with Gasteiger partial charge < -0.3 is 15.8 Å². The minimum absolute atomic E-state index is 0.108. The smallest absolute Gasteiger partial charge is 0.122 e. The number of ether oxygens (including phenoxy) is 1. The molecule has 3 nitrogen and oxygen atoms in total. The van der Waals surface area contributed by atoms with Crippen molar-refractivity contribution in [2.45, 2.75) is 45.6 Å². The lowest BCUT2D eigenvalue weighted by Crippen LogP contribution is -2.16. The molecule has 19 heavy (non-hydrogen) atoms. The molecule has 108 valence electrons. The van der Waals surface area contributed by atoms with Crippen LogP contribution in [0.5, 0.6) is 5.75 Å². The summed E-state index contributed by atoms with van der Waals surface area (Å²) in [5.74, 6) is 1.41. The molecular formula is C16H28N2O. The molecule has 0 radical (unpaired) electrons. The summed E-state index contributed by atoms with van der Waals surface area (Å²) in [6, 6.07) is 4.45. The lowest BCUT2D eigenvalue weighted by Gasteiger charge is -2.20. The van der Waals surface area contributed by atoms with Gasteiger partial charge in [-0.05, 0) is 62.0 Å². The van der Waals surface area contributed by atoms with Crippen molar-refractivity contribution in [2.24, 2.45) is 5.73 Å². The van der Waals surface area contributed by atoms with E-state index in [1.165, 1.54) is 16.7 Å². The maximum atomic E-state index is 6.33. The first-order chi connectivity index (χ1) is 9.01. The van der Waals surface area contributed by atoms with Crippen LogP contribution in [0.3, 0.4) is 0 Å². The molecule has 0 saturated heterocycles. The predicted octanol–water partition coefficient (Wildman–Crippen LogP) is 3.13. The third-order valence-corrected chi connectivity index (χ3v) is 3.58. The number of nitrogens with two attached hydrogens (primary N) is 1. The van der Waals surface area contributed by atoms with E-state index in [1.807, 2.05) is 7.05 Å². The van der Waals surface area contributed by atoms with E-state index in [4.69, 9.17) is 10.5 Å². The van der Waals surface area contributed by atoms with Gasteiger partial charge in [0.05, 0.1) is 7.11 Å². The Morgan fingerprint density at radius 3 is 2.47 bits per heavy atom. The minimum atomic E-state index is 0.108. The molecule has 0 spiro atoms. The van der Waals surface area contributed by atoms with E-state index in [1.54, 1.807) is 7.11 Å². The molecule has 1 aromatic rings. The van der Waals surface area contributed by atoms with E-state index in [2.05, 4.69) is 38.2 Å². The molecule has 1 aromatic carbocycles. The number of nitrogens with one attached hydrogen (secondary N) is 1. The van der Waals surface area contributed by atoms with Crippen molar-refractivity contribution in [3.8, 4) is 5.75 Å². The van der Waals surface area contributed by atoms with Gasteiger partial charge in [0, 0.05) is 6.04 Å². The van der Waals surface area contributed by atoms with Crippen molar-refractivity contribution in [3.05, 3.63) is 28.8 Å². The van der Waals surface area contributed by atoms with Gasteiger partial charge in [-0.25, -0.2) is 0 Å². The molecule has 0 aliphatic carbocycles. The maximum Gasteiger partial charge on any atom is 0.122 e. The fourth-order valence-electron chi connectivity index (χ4n) is 2.40. The maximum absolute atomic E-state index is 6.33. The van der Waals surface area contributed by atoms with E-state index in [0.717, 1.165) is 25.1 Å². The Hall–Kier alpha value is -1.06. The highest BCUT2D eigenvalue weighted by Crippen LogP contribution is 2.32. The van der Waals surface area contributed by atoms with Crippen LogP contribution in [0, 0.1) is 6.92 Å². The van der Waals surface area contributed by atoms with E-state index in [-0.39, 0.29) is 6.04 Å². The standard InChI is InChI=1S/C16H28N2O/c1-11(2)13-10-14(12(3)9-16(13)19-5)15(17)7-6-8-18-4/h9-11,15,18H,6-8,17H2,1-5H3. The van der Waals surface area contributed by atoms with Crippen molar-refractivity contribution in [1.82, 2.24) is 5.32 Å². The SMILES string of the molecule is CNCCCC(N)c1cc(C(C)C)c(OC)cc1C. The van der Waals surface area contributed by atoms with Crippen LogP contribution in [0.15, 0.2) is 12.1 Å². The average Bonchev–Trinajstić information content (AvgIpc) is 2.37. The average molecular weight is 264 g/mol. The van der Waals surface area contributed by atoms with Crippen molar-refractivity contribution < 1.29 is 4.74 Å². The van der Waals surface area contributed by atoms with E-state index in [0.29, 0.717) is 5.92 Å². The quantitative estimate of drug-likeness (QED) is 0.744. The Labute approximate surface area is 117 Å². The minimum Gasteiger partial charge on any atom is -0.496 e. The molecule has 0 aliphatic rings. The van der Waals surface area contributed by atoms with E-state index < -0.39 is 0 Å². The van der Waals surface area contributed by atoms with Gasteiger partial charge in [0.2, 0.25) is 0 Å². The highest BCUT2D eigenvalue weighted by molar-refractivity contribution is 5.45. The molecule has 1 atom stereocenters. The first-order valence-electron chi connectivity index (χ1n) is 7.09. The largest absolute Gasteiger partial charge is 0.496 e. The second-order valence-corrected chi connectivity index (χ2v) is 5.46. The normalized spacial score (nSPS) is 12.8. The highest BCUT2D eigenvalue weighted by atomic mass is 16.5. The molecule has 0 amide bonds. The van der Waals surface area contributed by atoms with Crippen molar-refractivity contribution in [2.75, 3.05) is 20.7 Å². The first-order valence-corrected chi connectivity index (χ1v) is 7.09. The second kappa shape index (κ2) is 7.51. The Morgan fingerprint density at radius 2 is 1.95 bits per heavy atom. The Morgan fingerprint density at radius 1 is 1.26 bits per heavy atom. The third-order valence-electron chi connectivity index (χ3n) is 3.58. The zero-order chi connectivity index (χ0) is 14.4. The van der Waals surface area contributed by atoms with Gasteiger partial charge >= 0.3 is 0 Å². The summed E-state index contributed by atoms with van der Waals surface area (Å²) in [6.45, 7) is 7.49. The van der Waals surface area contributed by atoms with E-state index in [9.17, 15) is 0 Å². The van der Waals surface area contributed by atoms with Crippen molar-refractivity contribution in [1.29, 1.82) is 0 Å². The number of methoxy groups -OCH3 is 1. The number of hydrogen-bond acceptors (Lipinski definition) is 3. The number of benzene rings is 1. The topological polar surface area (TPSA) is 47.3 Å². The zero-order valence-electron chi connectivity index (χ0n) is 12.9. The molecule has 3 N–H and O–H groups in total. The second-order valence-electron chi connectivity index (χ2n) is 5.46. The summed E-state index contributed by atoms with van der Waals surface area (Å²) in [7, 11) is 3.70. The summed E-state index contributed by atoms with van der Waals surface area (Å²) < 4.78 is 5.47. The molecule has 0 heterocycles. The number of rotatable bonds is 7. The van der Waals surface area contributed by atoms with Gasteiger partial charge in [0.25, 0.3) is 0 Å². The van der Waals surface area contributed by atoms with Gasteiger partial charge in [-0.2, -0.15) is 0 Å². The van der Waals surface area contributed by atoms with Crippen LogP contribution in [-0.4, -0.2) is 20.7 Å². The molecular weight excluding hydrogens is 236 g/mol. The summed E-state index contributed by atoms with van der Waals surface area (Å²) in [5.41, 5.74) is 10.0. The van der Waals surface area contributed by atoms with Crippen LogP contribution < -0.4 is 15.8 Å². The van der Waals surface area contributed by atoms with Crippen molar-refractivity contribution >= 4 is 0 Å². The van der Waals surface area contributed by atoms with Gasteiger partial charge in [0.15, 0.2) is 0 Å². The number of aryl methyl sites for hydroxylation is 1. The molecule has 3 heteroatoms. The Balaban J connectivity index is 2.97. The lowest BCUT2D eigenvalue weighted by atomic mass is 9.91. The summed E-state index contributed by atoms with van der Waals surface area (Å²) >= 11 is 0. The first kappa shape index (κ1) is 16.0. The highest BCUT2D eigenvalue weighted by Gasteiger charge is 2.15. The van der Waals surface area contributed by atoms with Gasteiger partial charge in [-0.1, -0.05) is 19.9 Å². The Kier molecular flexibility index (Phi) is 6.32. The molecule has 0 fully saturated rings. The summed E-state index contributed by atoms with van der Waals surface area (Å²) in [6.07, 6.45) is 2.10. The van der Waals surface area contributed by atoms with E-state index >= 15 is 0 Å². The van der Waals surface area contributed by atoms with Gasteiger partial charge in [-0.3, -0.25) is 0 Å². The van der Waals surface area contributed by atoms with Crippen LogP contribution in [0.4, 0.5) is 0 Å². The molecule has 1 unspecified atom stereocenters. The van der Waals surface area contributed by atoms with Gasteiger partial charge in [-0.15, -0.1) is 0 Å². The summed E-state index contributed by atoms with van der Waals surface area (Å²) in [4.78, 5) is 0. The van der Waals surface area contributed by atoms with Crippen LogP contribution in [0.1, 0.15) is 55.3 Å². The van der Waals surface area contributed by atoms with Crippen LogP contribution in [0.25, 0.3) is 0 Å². The fraction of sp³-hybridized carbons (Fsp3) is 0.625. The Bertz CT molecular complexity index is 402. The van der Waals surface area contributed by atoms with Crippen LogP contribution in [-0.2, 0) is 0 Å². The third kappa shape index (κ3) is 4.22. The summed E-state index contributed by atoms with van der Waals surface area (Å²) in [5, 5.41) is 3.16. The lowest BCUT2D eigenvalue weighted by molar-refractivity contribution is 0.406. The van der Waals surface area contributed by atoms with Gasteiger partial charge in [0.1, 0.15) is 5.75 Å². The molecule has 0 aromatic heterocycles. The molecule has 1 rings (SSSR count). The molecule has 0 saturated carbocycles. The number of hydrogen-bond donors (Lipinski definition) is 2. The molecule has 0 aliphatic heterocycles. The van der Waals surface area contributed by atoms with Crippen LogP contribution >= 0.6 is 0 Å². The monoisotopic (exact) mass is 264 g/mol. The zero-order valence-corrected chi connectivity index (χ0v) is 12.9. The van der Waals surface area contributed by atoms with Crippen LogP contribution in [0.2, 0.25) is 0 Å². The predicted molar refractivity (Wildman–Crippen MR) is 81.9 cm³/mol. The van der Waals surface area contributed by atoms with Crippen molar-refractivity contribution in [3.63, 3.8) is 0 Å². The molecule has 0 bridgehead atoms. The fourth-order valence-corrected chi connectivity index (χ4v) is 2.40.